The van der Waals surface area contributed by atoms with Gasteiger partial charge >= 0.3 is 0 Å². The molecule has 7 nitrogen and oxygen atoms in total. The lowest BCUT2D eigenvalue weighted by molar-refractivity contribution is 0.0814. The summed E-state index contributed by atoms with van der Waals surface area (Å²) in [6.07, 6.45) is 0. The van der Waals surface area contributed by atoms with Crippen LogP contribution in [-0.4, -0.2) is 31.4 Å². The van der Waals surface area contributed by atoms with Gasteiger partial charge in [0.25, 0.3) is 0 Å². The van der Waals surface area contributed by atoms with Gasteiger partial charge < -0.3 is 28.4 Å². The summed E-state index contributed by atoms with van der Waals surface area (Å²) in [5.74, 6) is 3.48. The Morgan fingerprint density at radius 2 is 0.875 bits per heavy atom. The Balaban J connectivity index is 1.33. The molecule has 1 aliphatic rings. The van der Waals surface area contributed by atoms with Crippen LogP contribution >= 0.6 is 0 Å². The molecule has 6 rings (SSSR count). The number of ether oxygens (including phenoxy) is 6. The summed E-state index contributed by atoms with van der Waals surface area (Å²) in [5.41, 5.74) is 1.67. The third kappa shape index (κ3) is 6.34. The minimum absolute atomic E-state index is 0.356. The van der Waals surface area contributed by atoms with Gasteiger partial charge in [0.2, 0.25) is 0 Å². The van der Waals surface area contributed by atoms with Crippen LogP contribution in [0, 0.1) is 0 Å². The fourth-order valence-electron chi connectivity index (χ4n) is 4.37. The van der Waals surface area contributed by atoms with Crippen LogP contribution in [0.4, 0.5) is 0 Å². The molecule has 1 aromatic heterocycles. The number of pyridine rings is 1. The number of fused-ring (bicyclic) bond motifs is 6. The van der Waals surface area contributed by atoms with Gasteiger partial charge in [-0.1, -0.05) is 54.6 Å². The standard InChI is InChI=1S/C33H29NO6/c1-2-9-25-21-33-32(20-24(25)8-1)39-30-14-5-3-12-28(30)37-18-16-35-22-26-10-7-11-27(34-26)23-36-17-19-38-29-13-4-6-15-31(29)40-33/h1-15,20-21H,16-19,22-23H2. The van der Waals surface area contributed by atoms with E-state index >= 15 is 0 Å². The minimum atomic E-state index is 0.356. The molecule has 202 valence electrons. The number of para-hydroxylation sites is 4. The highest BCUT2D eigenvalue weighted by Gasteiger charge is 2.15. The molecule has 0 atom stereocenters. The summed E-state index contributed by atoms with van der Waals surface area (Å²) in [6.45, 7) is 2.27. The molecular formula is C33H29NO6. The van der Waals surface area contributed by atoms with Crippen molar-refractivity contribution in [3.8, 4) is 34.5 Å². The zero-order valence-corrected chi connectivity index (χ0v) is 22.0. The van der Waals surface area contributed by atoms with Gasteiger partial charge in [0.15, 0.2) is 34.5 Å². The molecule has 2 heterocycles. The molecule has 0 aliphatic carbocycles. The first-order valence-electron chi connectivity index (χ1n) is 13.2. The van der Waals surface area contributed by atoms with Crippen LogP contribution in [0.2, 0.25) is 0 Å². The van der Waals surface area contributed by atoms with E-state index in [4.69, 9.17) is 28.4 Å². The van der Waals surface area contributed by atoms with Gasteiger partial charge in [-0.3, -0.25) is 4.98 Å². The number of benzene rings is 4. The van der Waals surface area contributed by atoms with E-state index in [9.17, 15) is 0 Å². The third-order valence-corrected chi connectivity index (χ3v) is 6.29. The molecule has 0 radical (unpaired) electrons. The molecule has 0 unspecified atom stereocenters. The first kappa shape index (κ1) is 25.7. The highest BCUT2D eigenvalue weighted by molar-refractivity contribution is 5.86. The van der Waals surface area contributed by atoms with Gasteiger partial charge in [0.1, 0.15) is 13.2 Å². The number of hydrogen-bond donors (Lipinski definition) is 0. The van der Waals surface area contributed by atoms with Crippen molar-refractivity contribution in [3.63, 3.8) is 0 Å². The van der Waals surface area contributed by atoms with Crippen LogP contribution in [0.3, 0.4) is 0 Å². The first-order chi connectivity index (χ1) is 19.8. The molecule has 0 fully saturated rings. The van der Waals surface area contributed by atoms with Crippen LogP contribution in [0.5, 0.6) is 34.5 Å². The van der Waals surface area contributed by atoms with E-state index in [1.807, 2.05) is 103 Å². The molecule has 2 bridgehead atoms. The molecular weight excluding hydrogens is 506 g/mol. The van der Waals surface area contributed by atoms with E-state index < -0.39 is 0 Å². The van der Waals surface area contributed by atoms with Crippen LogP contribution in [0.15, 0.2) is 103 Å². The van der Waals surface area contributed by atoms with Gasteiger partial charge in [-0.05, 0) is 59.3 Å². The highest BCUT2D eigenvalue weighted by atomic mass is 16.6. The second-order valence-electron chi connectivity index (χ2n) is 9.17. The molecule has 0 saturated heterocycles. The van der Waals surface area contributed by atoms with Crippen molar-refractivity contribution in [3.05, 3.63) is 115 Å². The van der Waals surface area contributed by atoms with Crippen molar-refractivity contribution in [2.75, 3.05) is 26.4 Å². The van der Waals surface area contributed by atoms with E-state index in [1.54, 1.807) is 0 Å². The number of rotatable bonds is 0. The second-order valence-corrected chi connectivity index (χ2v) is 9.17. The number of nitrogens with zero attached hydrogens (tertiary/aromatic N) is 1. The highest BCUT2D eigenvalue weighted by Crippen LogP contribution is 2.42. The maximum atomic E-state index is 6.43. The molecule has 0 spiro atoms. The number of aromatic nitrogens is 1. The number of hydrogen-bond acceptors (Lipinski definition) is 7. The average Bonchev–Trinajstić information content (AvgIpc) is 2.98. The van der Waals surface area contributed by atoms with Crippen LogP contribution in [0.25, 0.3) is 10.8 Å². The SMILES string of the molecule is c1cc2nc(c1)COCCOc1ccccc1Oc1cc3ccccc3cc1Oc1ccccc1OCCOC2. The van der Waals surface area contributed by atoms with Crippen molar-refractivity contribution in [2.45, 2.75) is 13.2 Å². The van der Waals surface area contributed by atoms with Crippen LogP contribution in [-0.2, 0) is 22.7 Å². The molecule has 1 aliphatic heterocycles. The quantitative estimate of drug-likeness (QED) is 0.206. The minimum Gasteiger partial charge on any atom is -0.487 e. The molecule has 0 N–H and O–H groups in total. The summed E-state index contributed by atoms with van der Waals surface area (Å²) < 4.78 is 36.6. The average molecular weight is 536 g/mol. The predicted octanol–water partition coefficient (Wildman–Crippen LogP) is 7.32. The fraction of sp³-hybridized carbons (Fsp3) is 0.182. The Morgan fingerprint density at radius 1 is 0.425 bits per heavy atom. The van der Waals surface area contributed by atoms with Crippen LogP contribution < -0.4 is 18.9 Å². The molecule has 40 heavy (non-hydrogen) atoms. The van der Waals surface area contributed by atoms with E-state index in [0.29, 0.717) is 74.1 Å². The van der Waals surface area contributed by atoms with E-state index in [0.717, 1.165) is 22.2 Å². The Morgan fingerprint density at radius 3 is 1.38 bits per heavy atom. The largest absolute Gasteiger partial charge is 0.487 e. The lowest BCUT2D eigenvalue weighted by Gasteiger charge is -2.17. The van der Waals surface area contributed by atoms with Gasteiger partial charge in [-0.25, -0.2) is 0 Å². The third-order valence-electron chi connectivity index (χ3n) is 6.29. The lowest BCUT2D eigenvalue weighted by Crippen LogP contribution is -2.09. The van der Waals surface area contributed by atoms with E-state index in [-0.39, 0.29) is 0 Å². The topological polar surface area (TPSA) is 68.3 Å². The maximum absolute atomic E-state index is 6.43. The molecule has 5 aromatic rings. The monoisotopic (exact) mass is 535 g/mol. The summed E-state index contributed by atoms with van der Waals surface area (Å²) in [5, 5.41) is 2.06. The first-order valence-corrected chi connectivity index (χ1v) is 13.2. The van der Waals surface area contributed by atoms with Crippen molar-refractivity contribution < 1.29 is 28.4 Å². The predicted molar refractivity (Wildman–Crippen MR) is 152 cm³/mol. The van der Waals surface area contributed by atoms with Gasteiger partial charge in [0.05, 0.1) is 37.8 Å². The van der Waals surface area contributed by atoms with Gasteiger partial charge in [0, 0.05) is 0 Å². The summed E-state index contributed by atoms with van der Waals surface area (Å²) in [4.78, 5) is 4.62. The molecule has 0 amide bonds. The fourth-order valence-corrected chi connectivity index (χ4v) is 4.37. The summed E-state index contributed by atoms with van der Waals surface area (Å²) in [6, 6.07) is 33.0. The van der Waals surface area contributed by atoms with Crippen LogP contribution in [0.1, 0.15) is 11.4 Å². The smallest absolute Gasteiger partial charge is 0.170 e. The Hall–Kier alpha value is -4.59. The van der Waals surface area contributed by atoms with Crippen molar-refractivity contribution in [2.24, 2.45) is 0 Å². The molecule has 4 aromatic carbocycles. The van der Waals surface area contributed by atoms with E-state index in [1.165, 1.54) is 0 Å². The van der Waals surface area contributed by atoms with Gasteiger partial charge in [-0.2, -0.15) is 0 Å². The molecule has 0 saturated carbocycles. The second kappa shape index (κ2) is 12.5. The summed E-state index contributed by atoms with van der Waals surface area (Å²) in [7, 11) is 0. The lowest BCUT2D eigenvalue weighted by atomic mass is 10.1. The molecule has 7 heteroatoms. The van der Waals surface area contributed by atoms with Gasteiger partial charge in [-0.15, -0.1) is 0 Å². The Kier molecular flexibility index (Phi) is 8.03. The Bertz CT molecular complexity index is 1470. The maximum Gasteiger partial charge on any atom is 0.170 e. The van der Waals surface area contributed by atoms with Crippen molar-refractivity contribution in [1.82, 2.24) is 4.98 Å². The van der Waals surface area contributed by atoms with E-state index in [2.05, 4.69) is 4.98 Å². The zero-order valence-electron chi connectivity index (χ0n) is 22.0. The van der Waals surface area contributed by atoms with Crippen molar-refractivity contribution >= 4 is 10.8 Å². The summed E-state index contributed by atoms with van der Waals surface area (Å²) >= 11 is 0. The Labute approximate surface area is 232 Å². The van der Waals surface area contributed by atoms with Crippen molar-refractivity contribution in [1.29, 1.82) is 0 Å². The normalized spacial score (nSPS) is 14.5. The zero-order chi connectivity index (χ0) is 27.0.